The van der Waals surface area contributed by atoms with Crippen molar-refractivity contribution in [1.82, 2.24) is 15.2 Å². The molecule has 0 spiro atoms. The predicted molar refractivity (Wildman–Crippen MR) is 93.2 cm³/mol. The van der Waals surface area contributed by atoms with Gasteiger partial charge in [0.25, 0.3) is 0 Å². The van der Waals surface area contributed by atoms with Crippen LogP contribution in [0.4, 0.5) is 0 Å². The molecule has 0 saturated heterocycles. The second-order valence-corrected chi connectivity index (χ2v) is 7.09. The Morgan fingerprint density at radius 2 is 2.22 bits per heavy atom. The molecule has 2 aliphatic rings. The number of H-pyrrole nitrogens is 1. The average molecular weight is 309 g/mol. The summed E-state index contributed by atoms with van der Waals surface area (Å²) < 4.78 is 0. The van der Waals surface area contributed by atoms with Crippen molar-refractivity contribution in [3.8, 4) is 0 Å². The number of hydrogen-bond donors (Lipinski definition) is 2. The summed E-state index contributed by atoms with van der Waals surface area (Å²) in [6, 6.07) is 6.95. The number of benzene rings is 1. The quantitative estimate of drug-likeness (QED) is 0.896. The lowest BCUT2D eigenvalue weighted by atomic mass is 9.80. The summed E-state index contributed by atoms with van der Waals surface area (Å²) in [6.07, 6.45) is 5.35. The Kier molecular flexibility index (Phi) is 3.31. The van der Waals surface area contributed by atoms with E-state index in [0.717, 1.165) is 13.0 Å². The molecule has 2 heterocycles. The van der Waals surface area contributed by atoms with Crippen molar-refractivity contribution in [3.05, 3.63) is 41.6 Å². The summed E-state index contributed by atoms with van der Waals surface area (Å²) in [5.41, 5.74) is 5.16. The van der Waals surface area contributed by atoms with Crippen LogP contribution in [-0.2, 0) is 11.2 Å². The third-order valence-corrected chi connectivity index (χ3v) is 5.04. The van der Waals surface area contributed by atoms with Crippen LogP contribution in [0.15, 0.2) is 30.5 Å². The number of nitrogens with zero attached hydrogens (tertiary/aromatic N) is 1. The highest BCUT2D eigenvalue weighted by atomic mass is 16.1. The number of fused-ring (bicyclic) bond motifs is 2. The molecule has 1 aliphatic heterocycles. The van der Waals surface area contributed by atoms with E-state index in [0.29, 0.717) is 6.04 Å². The van der Waals surface area contributed by atoms with E-state index in [-0.39, 0.29) is 17.9 Å². The molecular weight excluding hydrogens is 286 g/mol. The second kappa shape index (κ2) is 5.24. The van der Waals surface area contributed by atoms with E-state index in [1.165, 1.54) is 27.6 Å². The zero-order valence-electron chi connectivity index (χ0n) is 13.9. The molecular formula is C19H23N3O. The highest BCUT2D eigenvalue weighted by Crippen LogP contribution is 2.40. The molecule has 0 fully saturated rings. The van der Waals surface area contributed by atoms with Crippen LogP contribution in [0.3, 0.4) is 0 Å². The molecule has 1 amide bonds. The first-order valence-electron chi connectivity index (χ1n) is 8.36. The molecule has 4 heteroatoms. The summed E-state index contributed by atoms with van der Waals surface area (Å²) in [4.78, 5) is 18.2. The minimum absolute atomic E-state index is 0.0793. The van der Waals surface area contributed by atoms with Crippen LogP contribution < -0.4 is 5.32 Å². The minimum Gasteiger partial charge on any atom is -0.361 e. The van der Waals surface area contributed by atoms with Crippen LogP contribution in [0, 0.1) is 5.92 Å². The fourth-order valence-corrected chi connectivity index (χ4v) is 4.01. The maximum absolute atomic E-state index is 12.5. The zero-order valence-corrected chi connectivity index (χ0v) is 13.9. The Morgan fingerprint density at radius 3 is 3.00 bits per heavy atom. The number of aromatic nitrogens is 1. The Morgan fingerprint density at radius 1 is 1.39 bits per heavy atom. The number of carbonyl (C=O) groups excluding carboxylic acids is 1. The van der Waals surface area contributed by atoms with Crippen molar-refractivity contribution in [3.63, 3.8) is 0 Å². The van der Waals surface area contributed by atoms with Gasteiger partial charge in [-0.15, -0.1) is 0 Å². The van der Waals surface area contributed by atoms with Gasteiger partial charge in [-0.1, -0.05) is 18.2 Å². The van der Waals surface area contributed by atoms with Gasteiger partial charge in [-0.25, -0.2) is 0 Å². The number of amides is 1. The molecule has 120 valence electrons. The number of hydrogen-bond acceptors (Lipinski definition) is 2. The third kappa shape index (κ3) is 2.29. The van der Waals surface area contributed by atoms with Crippen molar-refractivity contribution >= 4 is 22.4 Å². The SMILES string of the molecule is CC(C)NC(=O)[C@@H]1C=C2c3cccc4[nH]cc(c34)C[C@H]2N(C)C1. The molecule has 2 aromatic rings. The van der Waals surface area contributed by atoms with Gasteiger partial charge in [0.2, 0.25) is 5.91 Å². The fourth-order valence-electron chi connectivity index (χ4n) is 4.01. The Labute approximate surface area is 136 Å². The number of nitrogens with one attached hydrogen (secondary N) is 2. The second-order valence-electron chi connectivity index (χ2n) is 7.09. The summed E-state index contributed by atoms with van der Waals surface area (Å²) in [6.45, 7) is 4.80. The van der Waals surface area contributed by atoms with E-state index in [9.17, 15) is 4.79 Å². The molecule has 0 unspecified atom stereocenters. The number of carbonyl (C=O) groups is 1. The first-order valence-corrected chi connectivity index (χ1v) is 8.36. The van der Waals surface area contributed by atoms with Crippen LogP contribution in [0.5, 0.6) is 0 Å². The summed E-state index contributed by atoms with van der Waals surface area (Å²) in [5.74, 6) is 0.0502. The van der Waals surface area contributed by atoms with Crippen LogP contribution in [-0.4, -0.2) is 41.5 Å². The fraction of sp³-hybridized carbons (Fsp3) is 0.421. The third-order valence-electron chi connectivity index (χ3n) is 5.04. The van der Waals surface area contributed by atoms with E-state index in [2.05, 4.69) is 52.7 Å². The van der Waals surface area contributed by atoms with E-state index in [1.807, 2.05) is 13.8 Å². The summed E-state index contributed by atoms with van der Waals surface area (Å²) >= 11 is 0. The van der Waals surface area contributed by atoms with Crippen molar-refractivity contribution in [2.75, 3.05) is 13.6 Å². The van der Waals surface area contributed by atoms with Gasteiger partial charge in [0, 0.05) is 35.7 Å². The van der Waals surface area contributed by atoms with Gasteiger partial charge in [0.15, 0.2) is 0 Å². The Bertz CT molecular complexity index is 802. The number of rotatable bonds is 2. The van der Waals surface area contributed by atoms with Crippen molar-refractivity contribution in [2.45, 2.75) is 32.4 Å². The van der Waals surface area contributed by atoms with Gasteiger partial charge >= 0.3 is 0 Å². The molecule has 0 radical (unpaired) electrons. The maximum atomic E-state index is 12.5. The average Bonchev–Trinajstić information content (AvgIpc) is 2.92. The zero-order chi connectivity index (χ0) is 16.1. The van der Waals surface area contributed by atoms with Crippen LogP contribution in [0.25, 0.3) is 16.5 Å². The maximum Gasteiger partial charge on any atom is 0.228 e. The Hall–Kier alpha value is -2.07. The molecule has 4 nitrogen and oxygen atoms in total. The van der Waals surface area contributed by atoms with Gasteiger partial charge < -0.3 is 10.3 Å². The van der Waals surface area contributed by atoms with Gasteiger partial charge in [0.1, 0.15) is 0 Å². The molecule has 2 N–H and O–H groups in total. The monoisotopic (exact) mass is 309 g/mol. The van der Waals surface area contributed by atoms with Crippen molar-refractivity contribution in [2.24, 2.45) is 5.92 Å². The number of likely N-dealkylation sites (N-methyl/N-ethyl adjacent to an activating group) is 1. The van der Waals surface area contributed by atoms with E-state index in [1.54, 1.807) is 0 Å². The largest absolute Gasteiger partial charge is 0.361 e. The lowest BCUT2D eigenvalue weighted by molar-refractivity contribution is -0.124. The highest BCUT2D eigenvalue weighted by Gasteiger charge is 2.35. The molecule has 1 aliphatic carbocycles. The lowest BCUT2D eigenvalue weighted by Gasteiger charge is -2.39. The molecule has 1 aromatic heterocycles. The molecule has 0 bridgehead atoms. The molecule has 4 rings (SSSR count). The normalized spacial score (nSPS) is 23.7. The topological polar surface area (TPSA) is 48.1 Å². The molecule has 1 aromatic carbocycles. The van der Waals surface area contributed by atoms with Crippen LogP contribution in [0.2, 0.25) is 0 Å². The molecule has 23 heavy (non-hydrogen) atoms. The lowest BCUT2D eigenvalue weighted by Crippen LogP contribution is -2.47. The molecule has 2 atom stereocenters. The van der Waals surface area contributed by atoms with Crippen molar-refractivity contribution in [1.29, 1.82) is 0 Å². The van der Waals surface area contributed by atoms with Gasteiger partial charge in [-0.05, 0) is 50.1 Å². The van der Waals surface area contributed by atoms with E-state index in [4.69, 9.17) is 0 Å². The summed E-state index contributed by atoms with van der Waals surface area (Å²) in [7, 11) is 2.13. The van der Waals surface area contributed by atoms with Gasteiger partial charge in [-0.2, -0.15) is 0 Å². The highest BCUT2D eigenvalue weighted by molar-refractivity contribution is 5.99. The smallest absolute Gasteiger partial charge is 0.228 e. The van der Waals surface area contributed by atoms with Gasteiger partial charge in [0.05, 0.1) is 5.92 Å². The van der Waals surface area contributed by atoms with Crippen LogP contribution >= 0.6 is 0 Å². The van der Waals surface area contributed by atoms with E-state index < -0.39 is 0 Å². The first-order chi connectivity index (χ1) is 11.0. The molecule has 0 saturated carbocycles. The first kappa shape index (κ1) is 14.5. The van der Waals surface area contributed by atoms with Crippen LogP contribution in [0.1, 0.15) is 25.0 Å². The van der Waals surface area contributed by atoms with E-state index >= 15 is 0 Å². The Balaban J connectivity index is 1.80. The summed E-state index contributed by atoms with van der Waals surface area (Å²) in [5, 5.41) is 4.38. The van der Waals surface area contributed by atoms with Crippen molar-refractivity contribution < 1.29 is 4.79 Å². The number of aromatic amines is 1. The van der Waals surface area contributed by atoms with Gasteiger partial charge in [-0.3, -0.25) is 9.69 Å². The standard InChI is InChI=1S/C19H23N3O/c1-11(2)21-19(23)13-7-15-14-5-4-6-16-18(14)12(9-20-16)8-17(15)22(3)10-13/h4-7,9,11,13,17,20H,8,10H2,1-3H3,(H,21,23)/t13-,17-/m1/s1. The predicted octanol–water partition coefficient (Wildman–Crippen LogP) is 2.56. The minimum atomic E-state index is -0.0793.